The summed E-state index contributed by atoms with van der Waals surface area (Å²) in [4.78, 5) is 59.6. The quantitative estimate of drug-likeness (QED) is 0.0757. The van der Waals surface area contributed by atoms with Crippen molar-refractivity contribution in [2.45, 2.75) is 24.5 Å². The van der Waals surface area contributed by atoms with Crippen molar-refractivity contribution >= 4 is 74.3 Å². The molecule has 0 aliphatic carbocycles. The van der Waals surface area contributed by atoms with Crippen molar-refractivity contribution in [1.29, 1.82) is 0 Å². The van der Waals surface area contributed by atoms with Gasteiger partial charge in [0.25, 0.3) is 24.5 Å². The summed E-state index contributed by atoms with van der Waals surface area (Å²) in [5.41, 5.74) is 5.62. The number of carbonyl (C=O) groups is 4. The summed E-state index contributed by atoms with van der Waals surface area (Å²) in [6, 6.07) is -1.05. The summed E-state index contributed by atoms with van der Waals surface area (Å²) in [6.07, 6.45) is 4.27. The second kappa shape index (κ2) is 11.0. The Morgan fingerprint density at radius 3 is 2.92 bits per heavy atom. The van der Waals surface area contributed by atoms with Crippen molar-refractivity contribution in [3.63, 3.8) is 0 Å². The zero-order valence-electron chi connectivity index (χ0n) is 19.8. The molecule has 3 amide bonds. The SMILES string of the molecule is Nc1nc(/C(=N/OCF)C(=O)N[C@@H]2C(=O)N3C(C(=O)O)=C(C[n+]4cc5sccn5c4CNC=O)CS[C@H]23)cs1. The summed E-state index contributed by atoms with van der Waals surface area (Å²) in [5.74, 6) is -1.75. The standard InChI is InChI=1S/C21H19FN8O6S3/c22-8-36-27-14(11-7-39-21(23)25-11)17(32)26-15-18(33)30-16(20(34)35)10(6-38-19(15)30)4-28-5-13-29(1-2-37-13)12(28)3-24-9-31/h1-2,5,7,9,15,19H,3-4,6,8H2,(H4-,23,24,25,26,31,32,34,35)/p+1/b27-14-/t15-,19-/m1/s1. The number of nitrogens with one attached hydrogen (secondary N) is 2. The lowest BCUT2D eigenvalue weighted by Crippen LogP contribution is -2.71. The average molecular weight is 596 g/mol. The fourth-order valence-corrected chi connectivity index (χ4v) is 6.98. The average Bonchev–Trinajstić information content (AvgIpc) is 3.63. The molecule has 3 aromatic heterocycles. The van der Waals surface area contributed by atoms with Crippen LogP contribution in [-0.2, 0) is 37.1 Å². The van der Waals surface area contributed by atoms with Gasteiger partial charge in [-0.15, -0.1) is 23.1 Å². The molecule has 0 saturated carbocycles. The maximum atomic E-state index is 13.1. The van der Waals surface area contributed by atoms with Gasteiger partial charge in [-0.1, -0.05) is 16.5 Å². The number of nitrogens with zero attached hydrogens (tertiary/aromatic N) is 5. The van der Waals surface area contributed by atoms with Gasteiger partial charge in [0, 0.05) is 22.1 Å². The number of β-lactam (4-membered cyclic amide) rings is 1. The van der Waals surface area contributed by atoms with E-state index in [1.54, 1.807) is 0 Å². The van der Waals surface area contributed by atoms with Gasteiger partial charge in [0.1, 0.15) is 48.3 Å². The molecule has 5 N–H and O–H groups in total. The molecule has 18 heteroatoms. The van der Waals surface area contributed by atoms with E-state index in [0.717, 1.165) is 26.9 Å². The number of anilines is 1. The van der Waals surface area contributed by atoms with Gasteiger partial charge >= 0.3 is 5.97 Å². The van der Waals surface area contributed by atoms with Crippen LogP contribution in [0.3, 0.4) is 0 Å². The molecule has 5 heterocycles. The molecule has 1 fully saturated rings. The molecule has 0 spiro atoms. The van der Waals surface area contributed by atoms with Gasteiger partial charge in [-0.3, -0.25) is 19.3 Å². The highest BCUT2D eigenvalue weighted by Gasteiger charge is 2.54. The Kier molecular flexibility index (Phi) is 7.49. The fraction of sp³-hybridized carbons (Fsp3) is 0.286. The largest absolute Gasteiger partial charge is 0.477 e. The van der Waals surface area contributed by atoms with Gasteiger partial charge < -0.3 is 26.3 Å². The van der Waals surface area contributed by atoms with Crippen LogP contribution in [0.25, 0.3) is 4.83 Å². The smallest absolute Gasteiger partial charge is 0.352 e. The van der Waals surface area contributed by atoms with Crippen LogP contribution in [0, 0.1) is 0 Å². The molecular formula is C21H20FN8O6S3+. The predicted molar refractivity (Wildman–Crippen MR) is 138 cm³/mol. The third-order valence-corrected chi connectivity index (χ3v) is 8.75. The highest BCUT2D eigenvalue weighted by atomic mass is 32.2. The maximum Gasteiger partial charge on any atom is 0.352 e. The predicted octanol–water partition coefficient (Wildman–Crippen LogP) is -0.340. The minimum absolute atomic E-state index is 0.0427. The van der Waals surface area contributed by atoms with Crippen molar-refractivity contribution in [3.8, 4) is 0 Å². The van der Waals surface area contributed by atoms with Crippen LogP contribution < -0.4 is 20.9 Å². The molecule has 3 aromatic rings. The Bertz CT molecular complexity index is 1530. The van der Waals surface area contributed by atoms with Gasteiger partial charge in [0.15, 0.2) is 10.8 Å². The minimum atomic E-state index is -1.29. The van der Waals surface area contributed by atoms with Gasteiger partial charge in [-0.05, 0) is 0 Å². The number of nitrogen functional groups attached to an aromatic ring is 1. The Labute approximate surface area is 230 Å². The lowest BCUT2D eigenvalue weighted by atomic mass is 10.0. The minimum Gasteiger partial charge on any atom is -0.477 e. The van der Waals surface area contributed by atoms with E-state index in [-0.39, 0.29) is 41.1 Å². The number of halogens is 1. The second-order valence-corrected chi connectivity index (χ2v) is 11.1. The van der Waals surface area contributed by atoms with Crippen LogP contribution in [0.4, 0.5) is 9.52 Å². The number of aromatic nitrogens is 3. The van der Waals surface area contributed by atoms with Crippen molar-refractivity contribution < 1.29 is 38.1 Å². The Morgan fingerprint density at radius 1 is 1.41 bits per heavy atom. The highest BCUT2D eigenvalue weighted by molar-refractivity contribution is 8.00. The number of hydrogen-bond acceptors (Lipinski definition) is 11. The third-order valence-electron chi connectivity index (χ3n) is 5.94. The number of carboxylic acid groups (broad SMARTS) is 1. The van der Waals surface area contributed by atoms with Crippen molar-refractivity contribution in [2.24, 2.45) is 5.16 Å². The molecule has 0 unspecified atom stereocenters. The summed E-state index contributed by atoms with van der Waals surface area (Å²) in [7, 11) is 0. The number of thiazole rings is 2. The summed E-state index contributed by atoms with van der Waals surface area (Å²) < 4.78 is 16.3. The molecule has 0 aromatic carbocycles. The number of oxime groups is 1. The van der Waals surface area contributed by atoms with Crippen LogP contribution in [0.2, 0.25) is 0 Å². The van der Waals surface area contributed by atoms with E-state index >= 15 is 0 Å². The normalized spacial score (nSPS) is 19.1. The molecule has 14 nitrogen and oxygen atoms in total. The highest BCUT2D eigenvalue weighted by Crippen LogP contribution is 2.40. The molecule has 1 saturated heterocycles. The van der Waals surface area contributed by atoms with Crippen molar-refractivity contribution in [3.05, 3.63) is 45.9 Å². The van der Waals surface area contributed by atoms with Gasteiger partial charge in [0.2, 0.25) is 11.2 Å². The van der Waals surface area contributed by atoms with Crippen LogP contribution >= 0.6 is 34.4 Å². The van der Waals surface area contributed by atoms with E-state index in [0.29, 0.717) is 12.0 Å². The first kappa shape index (κ1) is 26.6. The molecule has 2 aliphatic rings. The van der Waals surface area contributed by atoms with Gasteiger partial charge in [0.05, 0.1) is 0 Å². The van der Waals surface area contributed by atoms with E-state index in [2.05, 4.69) is 25.6 Å². The first-order chi connectivity index (χ1) is 18.8. The number of aliphatic carboxylic acids is 1. The van der Waals surface area contributed by atoms with Crippen LogP contribution in [-0.4, -0.2) is 73.3 Å². The van der Waals surface area contributed by atoms with Crippen LogP contribution in [0.5, 0.6) is 0 Å². The number of carbonyl (C=O) groups excluding carboxylic acids is 3. The number of amides is 3. The zero-order valence-corrected chi connectivity index (χ0v) is 22.2. The van der Waals surface area contributed by atoms with Crippen LogP contribution in [0.1, 0.15) is 11.5 Å². The second-order valence-electron chi connectivity index (χ2n) is 8.15. The molecule has 39 heavy (non-hydrogen) atoms. The number of carboxylic acids is 1. The first-order valence-electron chi connectivity index (χ1n) is 11.2. The van der Waals surface area contributed by atoms with E-state index in [9.17, 15) is 28.7 Å². The van der Waals surface area contributed by atoms with E-state index in [1.165, 1.54) is 28.5 Å². The van der Waals surface area contributed by atoms with E-state index in [1.807, 2.05) is 26.7 Å². The number of hydrogen-bond donors (Lipinski definition) is 4. The zero-order chi connectivity index (χ0) is 27.7. The number of imidazole rings is 1. The van der Waals surface area contributed by atoms with Gasteiger partial charge in [-0.2, -0.15) is 4.40 Å². The number of alkyl halides is 1. The maximum absolute atomic E-state index is 13.1. The summed E-state index contributed by atoms with van der Waals surface area (Å²) in [6.45, 7) is -0.891. The molecule has 5 rings (SSSR count). The van der Waals surface area contributed by atoms with E-state index in [4.69, 9.17) is 5.73 Å². The molecule has 204 valence electrons. The Morgan fingerprint density at radius 2 is 2.23 bits per heavy atom. The molecule has 0 bridgehead atoms. The monoisotopic (exact) mass is 595 g/mol. The lowest BCUT2D eigenvalue weighted by Gasteiger charge is -2.49. The molecular weight excluding hydrogens is 575 g/mol. The number of thioether (sulfide) groups is 1. The molecule has 0 radical (unpaired) electrons. The third kappa shape index (κ3) is 4.92. The molecule has 2 aliphatic heterocycles. The van der Waals surface area contributed by atoms with Crippen molar-refractivity contribution in [2.75, 3.05) is 18.3 Å². The molecule has 2 atom stereocenters. The number of rotatable bonds is 11. The summed E-state index contributed by atoms with van der Waals surface area (Å²) in [5, 5.41) is 21.4. The fourth-order valence-electron chi connectivity index (χ4n) is 4.31. The Hall–Kier alpha value is -4.03. The first-order valence-corrected chi connectivity index (χ1v) is 14.0. The number of nitrogens with two attached hydrogens (primary N) is 1. The van der Waals surface area contributed by atoms with Gasteiger partial charge in [-0.25, -0.2) is 18.7 Å². The Balaban J connectivity index is 1.37. The lowest BCUT2D eigenvalue weighted by molar-refractivity contribution is -0.695. The topological polar surface area (TPSA) is 185 Å². The van der Waals surface area contributed by atoms with Crippen LogP contribution in [0.15, 0.2) is 39.6 Å². The van der Waals surface area contributed by atoms with E-state index < -0.39 is 36.1 Å². The number of fused-ring (bicyclic) bond motifs is 2. The summed E-state index contributed by atoms with van der Waals surface area (Å²) >= 11 is 3.81. The van der Waals surface area contributed by atoms with Crippen molar-refractivity contribution in [1.82, 2.24) is 24.9 Å².